The molecule has 11 rings (SSSR count). The van der Waals surface area contributed by atoms with Gasteiger partial charge in [0.05, 0.1) is 54.2 Å². The Balaban J connectivity index is 0.000000145. The Morgan fingerprint density at radius 2 is 1.20 bits per heavy atom. The second-order valence-corrected chi connectivity index (χ2v) is 18.6. The molecule has 0 amide bonds. The number of hydrogen-bond acceptors (Lipinski definition) is 9. The predicted molar refractivity (Wildman–Crippen MR) is 296 cm³/mol. The molecule has 1 saturated carbocycles. The Kier molecular flexibility index (Phi) is 17.3. The molecule has 0 saturated heterocycles. The minimum absolute atomic E-state index is 0.102. The number of H-pyrrole nitrogens is 1. The Labute approximate surface area is 427 Å². The first-order valence-corrected chi connectivity index (χ1v) is 25.0. The van der Waals surface area contributed by atoms with E-state index < -0.39 is 0 Å². The van der Waals surface area contributed by atoms with Crippen LogP contribution >= 0.6 is 22.6 Å². The van der Waals surface area contributed by atoms with Gasteiger partial charge in [-0.1, -0.05) is 99.0 Å². The van der Waals surface area contributed by atoms with Crippen LogP contribution in [0, 0.1) is 9.49 Å². The van der Waals surface area contributed by atoms with Crippen LogP contribution in [-0.2, 0) is 12.8 Å². The highest BCUT2D eigenvalue weighted by atomic mass is 127. The van der Waals surface area contributed by atoms with Gasteiger partial charge in [0.25, 0.3) is 11.1 Å². The van der Waals surface area contributed by atoms with Gasteiger partial charge in [0.15, 0.2) is 0 Å². The summed E-state index contributed by atoms with van der Waals surface area (Å²) in [5.74, 6) is 2.62. The van der Waals surface area contributed by atoms with E-state index in [9.17, 15) is 9.59 Å². The van der Waals surface area contributed by atoms with E-state index in [1.807, 2.05) is 115 Å². The van der Waals surface area contributed by atoms with Gasteiger partial charge in [-0.05, 0) is 155 Å². The summed E-state index contributed by atoms with van der Waals surface area (Å²) in [6.07, 6.45) is 18.5. The number of methoxy groups -OCH3 is 2. The normalized spacial score (nSPS) is 14.1. The van der Waals surface area contributed by atoms with Crippen LogP contribution in [0.1, 0.15) is 61.3 Å². The van der Waals surface area contributed by atoms with Gasteiger partial charge < -0.3 is 19.8 Å². The molecule has 4 heterocycles. The smallest absolute Gasteiger partial charge is 0.265 e. The van der Waals surface area contributed by atoms with E-state index in [0.717, 1.165) is 73.6 Å². The molecule has 4 aromatic heterocycles. The van der Waals surface area contributed by atoms with Crippen LogP contribution < -0.4 is 25.9 Å². The largest absolute Gasteiger partial charge is 0.497 e. The molecule has 1 aliphatic carbocycles. The van der Waals surface area contributed by atoms with Crippen molar-refractivity contribution in [3.8, 4) is 17.2 Å². The van der Waals surface area contributed by atoms with Crippen molar-refractivity contribution in [2.24, 2.45) is 5.92 Å². The molecule has 6 aromatic carbocycles. The van der Waals surface area contributed by atoms with Crippen molar-refractivity contribution in [3.05, 3.63) is 217 Å². The highest BCUT2D eigenvalue weighted by Crippen LogP contribution is 2.30. The Hall–Kier alpha value is -7.29. The van der Waals surface area contributed by atoms with Crippen molar-refractivity contribution in [2.45, 2.75) is 57.9 Å². The summed E-state index contributed by atoms with van der Waals surface area (Å²) in [6, 6.07) is 44.5. The van der Waals surface area contributed by atoms with Crippen molar-refractivity contribution in [3.63, 3.8) is 0 Å². The van der Waals surface area contributed by atoms with Crippen molar-refractivity contribution in [1.82, 2.24) is 34.8 Å². The zero-order chi connectivity index (χ0) is 49.5. The zero-order valence-electron chi connectivity index (χ0n) is 40.5. The lowest BCUT2D eigenvalue weighted by Gasteiger charge is -2.30. The van der Waals surface area contributed by atoms with Crippen LogP contribution in [0.15, 0.2) is 180 Å². The van der Waals surface area contributed by atoms with Crippen molar-refractivity contribution in [2.75, 3.05) is 21.3 Å². The minimum atomic E-state index is -0.110. The summed E-state index contributed by atoms with van der Waals surface area (Å²) >= 11 is 2.22. The van der Waals surface area contributed by atoms with Crippen molar-refractivity contribution >= 4 is 65.9 Å². The predicted octanol–water partition coefficient (Wildman–Crippen LogP) is 12.1. The van der Waals surface area contributed by atoms with E-state index in [2.05, 4.69) is 91.1 Å². The molecule has 0 aliphatic heterocycles. The standard InChI is InChI=1S/C25H19N3O2.C20H16N2O2.C9H19N.C5H4IN/c1-30-20-10-8-17(9-11-20)13-18-14-23-24(22-7-3-2-6-21(18)22)27-16-28(25(23)29)19-5-4-12-26-15-19;1-24-15-8-6-13(7-9-15)10-14-11-18-19(21-12-22-20(18)23)17-5-3-2-4-16(14)17;1-3-8-6-4-5-7-9(8)10-2;6-5-2-1-3-7-4-5/h2-12,14-16H,13H2,1H3;2-9,11-12H,10H2,1H3,(H,21,22,23);8-10H,3-7H2,1-2H3;1-4H/t;;8-,9-;/m..1./s1. The van der Waals surface area contributed by atoms with Gasteiger partial charge in [0, 0.05) is 39.0 Å². The van der Waals surface area contributed by atoms with E-state index in [4.69, 9.17) is 9.47 Å². The molecule has 11 nitrogen and oxygen atoms in total. The van der Waals surface area contributed by atoms with Crippen molar-refractivity contribution < 1.29 is 9.47 Å². The van der Waals surface area contributed by atoms with Gasteiger partial charge in [-0.15, -0.1) is 0 Å². The van der Waals surface area contributed by atoms with Gasteiger partial charge in [-0.3, -0.25) is 24.1 Å². The fraction of sp³-hybridized carbons (Fsp3) is 0.220. The molecule has 10 aromatic rings. The summed E-state index contributed by atoms with van der Waals surface area (Å²) in [5.41, 5.74) is 6.46. The van der Waals surface area contributed by atoms with Crippen LogP contribution in [-0.4, -0.2) is 56.8 Å². The van der Waals surface area contributed by atoms with E-state index in [0.29, 0.717) is 28.4 Å². The van der Waals surface area contributed by atoms with Gasteiger partial charge in [-0.25, -0.2) is 9.97 Å². The lowest BCUT2D eigenvalue weighted by molar-refractivity contribution is 0.267. The van der Waals surface area contributed by atoms with Crippen LogP contribution in [0.3, 0.4) is 0 Å². The molecule has 0 spiro atoms. The first-order valence-electron chi connectivity index (χ1n) is 24.0. The minimum Gasteiger partial charge on any atom is -0.497 e. The highest BCUT2D eigenvalue weighted by molar-refractivity contribution is 14.1. The second kappa shape index (κ2) is 24.5. The molecule has 360 valence electrons. The summed E-state index contributed by atoms with van der Waals surface area (Å²) in [7, 11) is 5.41. The molecule has 12 heteroatoms. The zero-order valence-corrected chi connectivity index (χ0v) is 42.7. The molecule has 0 radical (unpaired) electrons. The van der Waals surface area contributed by atoms with E-state index in [1.165, 1.54) is 47.6 Å². The third-order valence-electron chi connectivity index (χ3n) is 13.1. The van der Waals surface area contributed by atoms with E-state index in [-0.39, 0.29) is 11.1 Å². The number of rotatable bonds is 9. The molecular weight excluding hydrogens is 998 g/mol. The first kappa shape index (κ1) is 50.1. The molecule has 1 fully saturated rings. The van der Waals surface area contributed by atoms with Crippen LogP contribution in [0.25, 0.3) is 49.0 Å². The second-order valence-electron chi connectivity index (χ2n) is 17.4. The number of aromatic nitrogens is 6. The van der Waals surface area contributed by atoms with Gasteiger partial charge in [0.1, 0.15) is 17.8 Å². The topological polar surface area (TPSA) is 137 Å². The molecular formula is C59H58IN7O4. The molecule has 1 aliphatic rings. The fourth-order valence-corrected chi connectivity index (χ4v) is 9.70. The monoisotopic (exact) mass is 1060 g/mol. The average molecular weight is 1060 g/mol. The average Bonchev–Trinajstić information content (AvgIpc) is 3.43. The van der Waals surface area contributed by atoms with Gasteiger partial charge >= 0.3 is 0 Å². The maximum absolute atomic E-state index is 13.3. The number of nitrogens with one attached hydrogen (secondary N) is 2. The number of fused-ring (bicyclic) bond motifs is 6. The fourth-order valence-electron chi connectivity index (χ4n) is 9.33. The number of ether oxygens (including phenoxy) is 2. The lowest BCUT2D eigenvalue weighted by atomic mass is 9.83. The van der Waals surface area contributed by atoms with E-state index in [1.54, 1.807) is 43.7 Å². The Morgan fingerprint density at radius 1 is 0.648 bits per heavy atom. The number of halogens is 1. The number of benzene rings is 6. The molecule has 71 heavy (non-hydrogen) atoms. The SMILES string of the molecule is CC[C@@H]1CCCC[C@H]1NC.COc1ccc(Cc2cc3c(=O)[nH]cnc3c3ccccc23)cc1.COc1ccc(Cc2cc3c(=O)n(-c4cccnc4)cnc3c3ccccc23)cc1.Ic1cccnc1. The molecule has 0 bridgehead atoms. The number of pyridine rings is 2. The molecule has 0 unspecified atom stereocenters. The molecule has 2 atom stereocenters. The summed E-state index contributed by atoms with van der Waals surface area (Å²) < 4.78 is 13.2. The maximum atomic E-state index is 13.3. The third-order valence-corrected chi connectivity index (χ3v) is 13.7. The lowest BCUT2D eigenvalue weighted by Crippen LogP contribution is -2.35. The molecule has 2 N–H and O–H groups in total. The third kappa shape index (κ3) is 12.4. The summed E-state index contributed by atoms with van der Waals surface area (Å²) in [5, 5.41) is 8.84. The van der Waals surface area contributed by atoms with Crippen LogP contribution in [0.5, 0.6) is 11.5 Å². The van der Waals surface area contributed by atoms with Crippen LogP contribution in [0.2, 0.25) is 0 Å². The highest BCUT2D eigenvalue weighted by Gasteiger charge is 2.21. The van der Waals surface area contributed by atoms with Gasteiger partial charge in [0.2, 0.25) is 0 Å². The maximum Gasteiger partial charge on any atom is 0.265 e. The van der Waals surface area contributed by atoms with Crippen LogP contribution in [0.4, 0.5) is 0 Å². The number of aromatic amines is 1. The first-order chi connectivity index (χ1) is 34.8. The van der Waals surface area contributed by atoms with E-state index >= 15 is 0 Å². The summed E-state index contributed by atoms with van der Waals surface area (Å²) in [4.78, 5) is 45.2. The summed E-state index contributed by atoms with van der Waals surface area (Å²) in [6.45, 7) is 2.31. The quantitative estimate of drug-likeness (QED) is 0.107. The number of hydrogen-bond donors (Lipinski definition) is 2. The van der Waals surface area contributed by atoms with Gasteiger partial charge in [-0.2, -0.15) is 0 Å². The Morgan fingerprint density at radius 3 is 1.69 bits per heavy atom. The Bertz CT molecular complexity index is 3430. The van der Waals surface area contributed by atoms with Crippen molar-refractivity contribution in [1.29, 1.82) is 0 Å². The number of nitrogens with zero attached hydrogens (tertiary/aromatic N) is 5.